The fraction of sp³-hybridized carbons (Fsp3) is 0.211. The van der Waals surface area contributed by atoms with Crippen LogP contribution >= 0.6 is 11.6 Å². The third-order valence-electron chi connectivity index (χ3n) is 3.96. The number of rotatable bonds is 6. The van der Waals surface area contributed by atoms with E-state index in [2.05, 4.69) is 10.3 Å². The molecule has 29 heavy (non-hydrogen) atoms. The third-order valence-corrected chi connectivity index (χ3v) is 4.15. The molecule has 0 aliphatic rings. The van der Waals surface area contributed by atoms with Gasteiger partial charge in [0.1, 0.15) is 28.2 Å². The number of pyridine rings is 1. The van der Waals surface area contributed by atoms with E-state index >= 15 is 0 Å². The predicted molar refractivity (Wildman–Crippen MR) is 106 cm³/mol. The topological polar surface area (TPSA) is 142 Å². The number of hydrogen-bond donors (Lipinski definition) is 5. The Balaban J connectivity index is 2.47. The van der Waals surface area contributed by atoms with Gasteiger partial charge in [0.05, 0.1) is 35.9 Å². The maximum atomic E-state index is 14.7. The summed E-state index contributed by atoms with van der Waals surface area (Å²) in [6, 6.07) is 4.83. The number of aromatic nitrogens is 1. The van der Waals surface area contributed by atoms with E-state index in [1.54, 1.807) is 0 Å². The smallest absolute Gasteiger partial charge is 0.259 e. The van der Waals surface area contributed by atoms with E-state index in [0.29, 0.717) is 5.75 Å². The number of phenolic OH excluding ortho intramolecular Hbond substituents is 1. The van der Waals surface area contributed by atoms with Crippen LogP contribution in [0.2, 0.25) is 0 Å². The largest absolute Gasteiger partial charge is 0.507 e. The van der Waals surface area contributed by atoms with Gasteiger partial charge in [-0.3, -0.25) is 4.79 Å². The summed E-state index contributed by atoms with van der Waals surface area (Å²) < 4.78 is 19.8. The Morgan fingerprint density at radius 2 is 2.07 bits per heavy atom. The van der Waals surface area contributed by atoms with Crippen LogP contribution in [0.1, 0.15) is 36.0 Å². The number of aliphatic hydroxyl groups is 1. The Hall–Kier alpha value is -3.17. The van der Waals surface area contributed by atoms with Gasteiger partial charge in [0.2, 0.25) is 0 Å². The molecule has 10 heteroatoms. The molecule has 6 N–H and O–H groups in total. The summed E-state index contributed by atoms with van der Waals surface area (Å²) in [6.07, 6.45) is -0.970. The zero-order valence-electron chi connectivity index (χ0n) is 15.9. The summed E-state index contributed by atoms with van der Waals surface area (Å²) in [5, 5.41) is 29.6. The second kappa shape index (κ2) is 8.89. The normalized spacial score (nSPS) is 12.8. The average molecular weight is 423 g/mol. The number of carbonyl (C=O) groups excluding carboxylic acids is 1. The van der Waals surface area contributed by atoms with Crippen LogP contribution < -0.4 is 15.8 Å². The molecule has 1 aromatic heterocycles. The first kappa shape index (κ1) is 22.1. The summed E-state index contributed by atoms with van der Waals surface area (Å²) in [5.41, 5.74) is 4.99. The number of aliphatic hydroxyl groups excluding tert-OH is 1. The number of halogens is 2. The standard InChI is InChI=1S/C19H20ClFN4O4/c1-8(22)16(18(20)23)25-19(28)11-6-12(21)10(7-14(11)27)13-4-5-15(29-3)17(24-13)9(2)26/h4-7,9,22,26-27H,23H2,1-3H3,(H,25,28)/b18-16+,22-8?. The van der Waals surface area contributed by atoms with Crippen molar-refractivity contribution in [3.8, 4) is 22.8 Å². The molecule has 2 aromatic rings. The highest BCUT2D eigenvalue weighted by Gasteiger charge is 2.20. The van der Waals surface area contributed by atoms with Crippen LogP contribution in [0, 0.1) is 11.2 Å². The van der Waals surface area contributed by atoms with Crippen molar-refractivity contribution in [2.45, 2.75) is 20.0 Å². The van der Waals surface area contributed by atoms with E-state index in [1.807, 2.05) is 0 Å². The minimum Gasteiger partial charge on any atom is -0.507 e. The summed E-state index contributed by atoms with van der Waals surface area (Å²) >= 11 is 5.64. The predicted octanol–water partition coefficient (Wildman–Crippen LogP) is 2.79. The number of methoxy groups -OCH3 is 1. The first-order chi connectivity index (χ1) is 13.6. The van der Waals surface area contributed by atoms with Crippen LogP contribution in [0.4, 0.5) is 4.39 Å². The molecule has 1 unspecified atom stereocenters. The minimum absolute atomic E-state index is 0.0838. The molecular formula is C19H20ClFN4O4. The molecule has 0 bridgehead atoms. The van der Waals surface area contributed by atoms with Gasteiger partial charge in [-0.25, -0.2) is 9.37 Å². The van der Waals surface area contributed by atoms with E-state index in [-0.39, 0.29) is 39.1 Å². The SMILES string of the molecule is COc1ccc(-c2cc(O)c(C(=O)N/C(C(C)=N)=C(/N)Cl)cc2F)nc1C(C)O. The van der Waals surface area contributed by atoms with Crippen LogP contribution in [0.15, 0.2) is 35.1 Å². The van der Waals surface area contributed by atoms with Gasteiger partial charge in [-0.2, -0.15) is 0 Å². The van der Waals surface area contributed by atoms with E-state index < -0.39 is 23.6 Å². The number of nitrogens with one attached hydrogen (secondary N) is 2. The molecule has 1 aromatic carbocycles. The molecule has 0 radical (unpaired) electrons. The molecule has 0 aliphatic carbocycles. The fourth-order valence-corrected chi connectivity index (χ4v) is 2.73. The van der Waals surface area contributed by atoms with Gasteiger partial charge in [0.15, 0.2) is 0 Å². The Labute approximate surface area is 171 Å². The number of benzene rings is 1. The molecule has 0 fully saturated rings. The van der Waals surface area contributed by atoms with Crippen molar-refractivity contribution >= 4 is 23.2 Å². The molecule has 8 nitrogen and oxygen atoms in total. The number of phenols is 1. The lowest BCUT2D eigenvalue weighted by atomic mass is 10.0. The quantitative estimate of drug-likeness (QED) is 0.358. The molecule has 0 aliphatic heterocycles. The number of amides is 1. The van der Waals surface area contributed by atoms with Crippen molar-refractivity contribution in [2.24, 2.45) is 5.73 Å². The zero-order chi connectivity index (χ0) is 21.9. The highest BCUT2D eigenvalue weighted by Crippen LogP contribution is 2.32. The number of nitrogens with two attached hydrogens (primary N) is 1. The molecule has 0 spiro atoms. The number of nitrogens with zero attached hydrogens (tertiary/aromatic N) is 1. The monoisotopic (exact) mass is 422 g/mol. The lowest BCUT2D eigenvalue weighted by molar-refractivity contribution is 0.0964. The molecule has 1 amide bonds. The lowest BCUT2D eigenvalue weighted by Crippen LogP contribution is -2.28. The lowest BCUT2D eigenvalue weighted by Gasteiger charge is -2.14. The van der Waals surface area contributed by atoms with Gasteiger partial charge < -0.3 is 31.4 Å². The van der Waals surface area contributed by atoms with Gasteiger partial charge in [-0.05, 0) is 38.1 Å². The first-order valence-corrected chi connectivity index (χ1v) is 8.72. The first-order valence-electron chi connectivity index (χ1n) is 8.34. The molecular weight excluding hydrogens is 403 g/mol. The molecule has 154 valence electrons. The molecule has 1 atom stereocenters. The van der Waals surface area contributed by atoms with E-state index in [1.165, 1.54) is 33.1 Å². The van der Waals surface area contributed by atoms with Crippen LogP contribution in [-0.2, 0) is 0 Å². The Bertz CT molecular complexity index is 1000. The van der Waals surface area contributed by atoms with Crippen LogP contribution in [0.3, 0.4) is 0 Å². The minimum atomic E-state index is -0.970. The average Bonchev–Trinajstić information content (AvgIpc) is 2.66. The van der Waals surface area contributed by atoms with Gasteiger partial charge in [0, 0.05) is 5.56 Å². The Morgan fingerprint density at radius 1 is 1.41 bits per heavy atom. The van der Waals surface area contributed by atoms with E-state index in [9.17, 15) is 19.4 Å². The van der Waals surface area contributed by atoms with E-state index in [4.69, 9.17) is 27.5 Å². The number of aromatic hydroxyl groups is 1. The number of hydrogen-bond acceptors (Lipinski definition) is 7. The van der Waals surface area contributed by atoms with Gasteiger partial charge in [-0.1, -0.05) is 11.6 Å². The number of carbonyl (C=O) groups is 1. The summed E-state index contributed by atoms with van der Waals surface area (Å²) in [7, 11) is 1.41. The third kappa shape index (κ3) is 4.82. The van der Waals surface area contributed by atoms with Crippen molar-refractivity contribution in [1.82, 2.24) is 10.3 Å². The van der Waals surface area contributed by atoms with Gasteiger partial charge >= 0.3 is 0 Å². The van der Waals surface area contributed by atoms with Crippen molar-refractivity contribution in [1.29, 1.82) is 5.41 Å². The number of ether oxygens (including phenoxy) is 1. The van der Waals surface area contributed by atoms with E-state index in [0.717, 1.165) is 12.1 Å². The Morgan fingerprint density at radius 3 is 2.59 bits per heavy atom. The zero-order valence-corrected chi connectivity index (χ0v) is 16.6. The summed E-state index contributed by atoms with van der Waals surface area (Å²) in [5.74, 6) is -1.93. The second-order valence-electron chi connectivity index (χ2n) is 6.11. The summed E-state index contributed by atoms with van der Waals surface area (Å²) in [4.78, 5) is 16.6. The van der Waals surface area contributed by atoms with Crippen molar-refractivity contribution in [3.05, 3.63) is 52.2 Å². The molecule has 1 heterocycles. The highest BCUT2D eigenvalue weighted by atomic mass is 35.5. The van der Waals surface area contributed by atoms with Crippen LogP contribution in [0.5, 0.6) is 11.5 Å². The summed E-state index contributed by atoms with van der Waals surface area (Å²) in [6.45, 7) is 2.83. The van der Waals surface area contributed by atoms with Crippen molar-refractivity contribution in [3.63, 3.8) is 0 Å². The van der Waals surface area contributed by atoms with Gasteiger partial charge in [-0.15, -0.1) is 0 Å². The van der Waals surface area contributed by atoms with Crippen molar-refractivity contribution in [2.75, 3.05) is 7.11 Å². The molecule has 2 rings (SSSR count). The second-order valence-corrected chi connectivity index (χ2v) is 6.52. The highest BCUT2D eigenvalue weighted by molar-refractivity contribution is 6.31. The fourth-order valence-electron chi connectivity index (χ4n) is 2.54. The van der Waals surface area contributed by atoms with Gasteiger partial charge in [0.25, 0.3) is 5.91 Å². The maximum absolute atomic E-state index is 14.7. The molecule has 0 saturated carbocycles. The Kier molecular flexibility index (Phi) is 6.78. The van der Waals surface area contributed by atoms with Crippen LogP contribution in [-0.4, -0.2) is 33.9 Å². The maximum Gasteiger partial charge on any atom is 0.259 e. The molecule has 0 saturated heterocycles. The van der Waals surface area contributed by atoms with Crippen LogP contribution in [0.25, 0.3) is 11.3 Å². The van der Waals surface area contributed by atoms with Crippen molar-refractivity contribution < 1.29 is 24.1 Å². The number of allylic oxidation sites excluding steroid dienone is 1.